The van der Waals surface area contributed by atoms with Gasteiger partial charge in [0.25, 0.3) is 0 Å². The third-order valence-electron chi connectivity index (χ3n) is 17.8. The fourth-order valence-corrected chi connectivity index (χ4v) is 12.0. The van der Waals surface area contributed by atoms with E-state index in [0.29, 0.717) is 19.4 Å². The molecule has 2 unspecified atom stereocenters. The molecular formula is C79H149NO5. The number of hydrogen-bond donors (Lipinski definition) is 3. The molecule has 0 radical (unpaired) electrons. The molecule has 0 aromatic carbocycles. The molecule has 0 bridgehead atoms. The number of carbonyl (C=O) groups is 2. The van der Waals surface area contributed by atoms with Gasteiger partial charge in [-0.15, -0.1) is 0 Å². The minimum Gasteiger partial charge on any atom is -0.466 e. The molecule has 0 heterocycles. The second kappa shape index (κ2) is 74.3. The molecule has 85 heavy (non-hydrogen) atoms. The number of nitrogens with one attached hydrogen (secondary N) is 1. The molecule has 3 N–H and O–H groups in total. The maximum absolute atomic E-state index is 12.5. The summed E-state index contributed by atoms with van der Waals surface area (Å²) in [4.78, 5) is 24.6. The summed E-state index contributed by atoms with van der Waals surface area (Å²) in [6.45, 7) is 4.93. The quantitative estimate of drug-likeness (QED) is 0.0320. The first-order chi connectivity index (χ1) is 42.0. The molecule has 0 spiro atoms. The molecule has 6 heteroatoms. The zero-order valence-electron chi connectivity index (χ0n) is 57.4. The van der Waals surface area contributed by atoms with Crippen molar-refractivity contribution in [2.75, 3.05) is 13.2 Å². The van der Waals surface area contributed by atoms with E-state index >= 15 is 0 Å². The fourth-order valence-electron chi connectivity index (χ4n) is 12.0. The van der Waals surface area contributed by atoms with E-state index in [4.69, 9.17) is 4.74 Å². The number of esters is 1. The highest BCUT2D eigenvalue weighted by atomic mass is 16.5. The third kappa shape index (κ3) is 70.8. The van der Waals surface area contributed by atoms with Gasteiger partial charge in [-0.25, -0.2) is 0 Å². The molecule has 1 amide bonds. The van der Waals surface area contributed by atoms with Gasteiger partial charge >= 0.3 is 5.97 Å². The predicted molar refractivity (Wildman–Crippen MR) is 375 cm³/mol. The van der Waals surface area contributed by atoms with E-state index in [9.17, 15) is 19.8 Å². The van der Waals surface area contributed by atoms with Crippen LogP contribution in [0, 0.1) is 0 Å². The molecule has 0 aliphatic heterocycles. The van der Waals surface area contributed by atoms with Crippen LogP contribution in [-0.4, -0.2) is 47.4 Å². The Balaban J connectivity index is 3.42. The molecule has 0 saturated carbocycles. The third-order valence-corrected chi connectivity index (χ3v) is 17.8. The topological polar surface area (TPSA) is 95.9 Å². The van der Waals surface area contributed by atoms with Crippen LogP contribution in [0.25, 0.3) is 0 Å². The van der Waals surface area contributed by atoms with E-state index in [0.717, 1.165) is 51.4 Å². The van der Waals surface area contributed by atoms with Crippen LogP contribution in [0.5, 0.6) is 0 Å². The van der Waals surface area contributed by atoms with Crippen LogP contribution in [0.1, 0.15) is 418 Å². The minimum absolute atomic E-state index is 0.00534. The lowest BCUT2D eigenvalue weighted by Crippen LogP contribution is -2.45. The highest BCUT2D eigenvalue weighted by molar-refractivity contribution is 5.76. The Bertz CT molecular complexity index is 1420. The molecular weight excluding hydrogens is 1040 g/mol. The summed E-state index contributed by atoms with van der Waals surface area (Å²) in [6, 6.07) is -0.629. The van der Waals surface area contributed by atoms with Crippen molar-refractivity contribution in [2.24, 2.45) is 0 Å². The average molecular weight is 1190 g/mol. The summed E-state index contributed by atoms with van der Waals surface area (Å²) in [6.07, 6.45) is 97.9. The molecule has 0 fully saturated rings. The van der Waals surface area contributed by atoms with E-state index in [2.05, 4.69) is 55.6 Å². The maximum Gasteiger partial charge on any atom is 0.305 e. The van der Waals surface area contributed by atoms with Crippen LogP contribution in [0.3, 0.4) is 0 Å². The first kappa shape index (κ1) is 82.8. The van der Waals surface area contributed by atoms with Crippen LogP contribution in [0.2, 0.25) is 0 Å². The van der Waals surface area contributed by atoms with Crippen molar-refractivity contribution in [3.05, 3.63) is 48.6 Å². The van der Waals surface area contributed by atoms with Crippen molar-refractivity contribution < 1.29 is 24.5 Å². The van der Waals surface area contributed by atoms with E-state index < -0.39 is 12.1 Å². The summed E-state index contributed by atoms with van der Waals surface area (Å²) in [5.74, 6) is -0.0581. The Morgan fingerprint density at radius 1 is 0.329 bits per heavy atom. The van der Waals surface area contributed by atoms with Crippen molar-refractivity contribution in [3.63, 3.8) is 0 Å². The van der Waals surface area contributed by atoms with Gasteiger partial charge in [-0.1, -0.05) is 364 Å². The summed E-state index contributed by atoms with van der Waals surface area (Å²) in [5.41, 5.74) is 0. The zero-order chi connectivity index (χ0) is 61.3. The number of allylic oxidation sites excluding steroid dienone is 7. The van der Waals surface area contributed by atoms with E-state index in [1.165, 1.54) is 340 Å². The van der Waals surface area contributed by atoms with Gasteiger partial charge in [-0.05, 0) is 89.9 Å². The molecule has 0 aliphatic carbocycles. The molecule has 6 nitrogen and oxygen atoms in total. The van der Waals surface area contributed by atoms with Gasteiger partial charge in [0.1, 0.15) is 0 Å². The van der Waals surface area contributed by atoms with E-state index in [1.54, 1.807) is 6.08 Å². The molecule has 0 aromatic rings. The Hall–Kier alpha value is -2.18. The highest BCUT2D eigenvalue weighted by Crippen LogP contribution is 2.19. The first-order valence-electron chi connectivity index (χ1n) is 38.4. The van der Waals surface area contributed by atoms with Crippen molar-refractivity contribution in [1.29, 1.82) is 0 Å². The fraction of sp³-hybridized carbons (Fsp3) is 0.873. The number of rotatable bonds is 72. The zero-order valence-corrected chi connectivity index (χ0v) is 57.4. The second-order valence-corrected chi connectivity index (χ2v) is 26.3. The van der Waals surface area contributed by atoms with Gasteiger partial charge < -0.3 is 20.3 Å². The second-order valence-electron chi connectivity index (χ2n) is 26.3. The molecule has 0 aliphatic rings. The lowest BCUT2D eigenvalue weighted by molar-refractivity contribution is -0.143. The Morgan fingerprint density at radius 3 is 0.906 bits per heavy atom. The van der Waals surface area contributed by atoms with Gasteiger partial charge in [0.05, 0.1) is 25.4 Å². The number of unbranched alkanes of at least 4 members (excludes halogenated alkanes) is 55. The van der Waals surface area contributed by atoms with Gasteiger partial charge in [0.15, 0.2) is 0 Å². The van der Waals surface area contributed by atoms with Crippen molar-refractivity contribution in [1.82, 2.24) is 5.32 Å². The summed E-state index contributed by atoms with van der Waals surface area (Å²) in [7, 11) is 0. The average Bonchev–Trinajstić information content (AvgIpc) is 3.51. The van der Waals surface area contributed by atoms with Crippen molar-refractivity contribution >= 4 is 11.9 Å². The van der Waals surface area contributed by atoms with Crippen LogP contribution in [0.15, 0.2) is 48.6 Å². The monoisotopic (exact) mass is 1190 g/mol. The van der Waals surface area contributed by atoms with Crippen molar-refractivity contribution in [3.8, 4) is 0 Å². The number of hydrogen-bond acceptors (Lipinski definition) is 5. The van der Waals surface area contributed by atoms with E-state index in [-0.39, 0.29) is 18.5 Å². The number of ether oxygens (including phenoxy) is 1. The lowest BCUT2D eigenvalue weighted by Gasteiger charge is -2.20. The van der Waals surface area contributed by atoms with Crippen molar-refractivity contribution in [2.45, 2.75) is 431 Å². The Kier molecular flexibility index (Phi) is 72.4. The molecule has 2 atom stereocenters. The SMILES string of the molecule is CCCCCCCC/C=C\CCCCCCCC(=O)OCCCCCCCCCCC/C=C\C/C=C\CCCCCCCCCCCCCCCCCC(=O)NC(CO)C(O)/C=C/CCCCCCCCCCCCCCCCCCCCCC. The lowest BCUT2D eigenvalue weighted by atomic mass is 10.0. The van der Waals surface area contributed by atoms with Crippen LogP contribution in [-0.2, 0) is 14.3 Å². The van der Waals surface area contributed by atoms with Crippen LogP contribution in [0.4, 0.5) is 0 Å². The summed E-state index contributed by atoms with van der Waals surface area (Å²) < 4.78 is 5.49. The Morgan fingerprint density at radius 2 is 0.588 bits per heavy atom. The number of aliphatic hydroxyl groups excluding tert-OH is 2. The van der Waals surface area contributed by atoms with Crippen LogP contribution < -0.4 is 5.32 Å². The van der Waals surface area contributed by atoms with E-state index in [1.807, 2.05) is 6.08 Å². The van der Waals surface area contributed by atoms with Gasteiger partial charge in [0.2, 0.25) is 5.91 Å². The van der Waals surface area contributed by atoms with Gasteiger partial charge in [-0.3, -0.25) is 9.59 Å². The molecule has 0 saturated heterocycles. The normalized spacial score (nSPS) is 12.8. The molecule has 0 aromatic heterocycles. The van der Waals surface area contributed by atoms with Gasteiger partial charge in [-0.2, -0.15) is 0 Å². The highest BCUT2D eigenvalue weighted by Gasteiger charge is 2.18. The number of aliphatic hydroxyl groups is 2. The summed E-state index contributed by atoms with van der Waals surface area (Å²) in [5, 5.41) is 23.3. The number of carbonyl (C=O) groups excluding carboxylic acids is 2. The molecule has 0 rings (SSSR count). The maximum atomic E-state index is 12.5. The smallest absolute Gasteiger partial charge is 0.305 e. The standard InChI is InChI=1S/C79H149NO5/c1-3-5-7-9-11-13-15-17-19-20-21-22-34-37-40-44-47-51-55-59-63-67-71-77(82)76(75-81)80-78(83)72-68-64-60-56-52-48-45-41-38-35-32-30-28-26-24-23-25-27-29-31-33-36-39-42-46-50-54-58-62-66-70-74-85-79(84)73-69-65-61-57-53-49-43-18-16-14-12-10-8-6-4-2/h18,25,27,31,33,43,67,71,76-77,81-82H,3-17,19-24,26,28-30,32,34-42,44-66,68-70,72-75H2,1-2H3,(H,80,83)/b27-25-,33-31-,43-18-,71-67+. The predicted octanol–water partition coefficient (Wildman–Crippen LogP) is 25.2. The molecule has 500 valence electrons. The van der Waals surface area contributed by atoms with Gasteiger partial charge in [0, 0.05) is 12.8 Å². The largest absolute Gasteiger partial charge is 0.466 e. The van der Waals surface area contributed by atoms with Crippen LogP contribution >= 0.6 is 0 Å². The summed E-state index contributed by atoms with van der Waals surface area (Å²) >= 11 is 0. The Labute approximate surface area is 531 Å². The first-order valence-corrected chi connectivity index (χ1v) is 38.4. The number of amides is 1. The minimum atomic E-state index is -0.846.